The van der Waals surface area contributed by atoms with Crippen LogP contribution in [0.25, 0.3) is 0 Å². The van der Waals surface area contributed by atoms with E-state index in [1.54, 1.807) is 18.2 Å². The summed E-state index contributed by atoms with van der Waals surface area (Å²) in [5.41, 5.74) is 3.47. The largest absolute Gasteiger partial charge is 0.412 e. The molecule has 1 saturated heterocycles. The molecular formula is C31H56N4O3. The van der Waals surface area contributed by atoms with Gasteiger partial charge in [-0.15, -0.1) is 6.58 Å². The lowest BCUT2D eigenvalue weighted by molar-refractivity contribution is -0.00983. The number of rotatable bonds is 8. The fourth-order valence-corrected chi connectivity index (χ4v) is 6.53. The van der Waals surface area contributed by atoms with E-state index in [-0.39, 0.29) is 18.9 Å². The van der Waals surface area contributed by atoms with Gasteiger partial charge in [0, 0.05) is 37.6 Å². The molecule has 38 heavy (non-hydrogen) atoms. The van der Waals surface area contributed by atoms with Gasteiger partial charge < -0.3 is 25.5 Å². The average Bonchev–Trinajstić information content (AvgIpc) is 3.81. The summed E-state index contributed by atoms with van der Waals surface area (Å²) in [6.07, 6.45) is 16.1. The topological polar surface area (TPSA) is 102 Å². The van der Waals surface area contributed by atoms with Crippen LogP contribution in [-0.4, -0.2) is 70.9 Å². The predicted molar refractivity (Wildman–Crippen MR) is 158 cm³/mol. The molecular weight excluding hydrogens is 476 g/mol. The number of aliphatic hydroxyl groups is 1. The highest BCUT2D eigenvalue weighted by Gasteiger charge is 2.60. The molecule has 3 saturated carbocycles. The van der Waals surface area contributed by atoms with Crippen molar-refractivity contribution in [2.24, 2.45) is 17.8 Å². The van der Waals surface area contributed by atoms with Gasteiger partial charge in [-0.2, -0.15) is 0 Å². The minimum atomic E-state index is 0. The molecule has 7 nitrogen and oxygen atoms in total. The fraction of sp³-hybridized carbons (Fsp3) is 0.742. The first kappa shape index (κ1) is 32.4. The summed E-state index contributed by atoms with van der Waals surface area (Å²) in [5, 5.41) is 10.3. The number of ether oxygens (including phenoxy) is 1. The summed E-state index contributed by atoms with van der Waals surface area (Å²) in [7, 11) is 3.75. The molecule has 0 spiro atoms. The van der Waals surface area contributed by atoms with E-state index < -0.39 is 0 Å². The number of nitrogens with one attached hydrogen (secondary N) is 1. The smallest absolute Gasteiger partial charge is 0.134 e. The summed E-state index contributed by atoms with van der Waals surface area (Å²) in [6, 6.07) is 3.06. The summed E-state index contributed by atoms with van der Waals surface area (Å²) in [4.78, 5) is 11.9. The van der Waals surface area contributed by atoms with Crippen molar-refractivity contribution in [3.8, 4) is 0 Å². The van der Waals surface area contributed by atoms with Gasteiger partial charge in [-0.1, -0.05) is 25.5 Å². The minimum Gasteiger partial charge on any atom is -0.412 e. The molecule has 1 aromatic heterocycles. The van der Waals surface area contributed by atoms with Gasteiger partial charge in [0.2, 0.25) is 0 Å². The lowest BCUT2D eigenvalue weighted by Gasteiger charge is -2.36. The molecule has 4 N–H and O–H groups in total. The van der Waals surface area contributed by atoms with E-state index in [1.807, 2.05) is 32.6 Å². The highest BCUT2D eigenvalue weighted by atomic mass is 16.5. The maximum atomic E-state index is 7.57. The standard InChI is InChI=1S/C27H39N3O.C2H7N.C2H6O.H2O.H2/c1-5-18(2)13-23-14-19(3)25(30(23)20(4)21-7-8-21)17-31-24-9-10-27(16-22(27)15-24)26-28-11-6-12-29-26;1-3-2;1-2-3;;/h5-6,11-12,18-19,22-25H,1,7-10,13-17H2,2-4H3;3H,1-2H3;3H,2H2,1H3;1H2;1H/t18?,19-,22?,23+,24?,25-,27?;;;;/m0..../s1. The van der Waals surface area contributed by atoms with Crippen LogP contribution in [-0.2, 0) is 10.2 Å². The average molecular weight is 533 g/mol. The number of fused-ring (bicyclic) bond motifs is 1. The SMILES string of the molecule is C=CC(C)C[C@@H]1C[C@H](C)[C@H](COC2CCC3(c4ncccn4)CC3C2)N1C(C)=C1CC1.CCO.CNC.O.[HH]. The molecule has 0 radical (unpaired) electrons. The maximum absolute atomic E-state index is 7.57. The van der Waals surface area contributed by atoms with Gasteiger partial charge in [0.15, 0.2) is 0 Å². The third kappa shape index (κ3) is 7.87. The van der Waals surface area contributed by atoms with Crippen LogP contribution in [0.3, 0.4) is 0 Å². The zero-order valence-electron chi connectivity index (χ0n) is 24.7. The summed E-state index contributed by atoms with van der Waals surface area (Å²) < 4.78 is 6.65. The van der Waals surface area contributed by atoms with Crippen molar-refractivity contribution in [3.05, 3.63) is 48.2 Å². The number of aliphatic hydroxyl groups excluding tert-OH is 1. The first-order valence-corrected chi connectivity index (χ1v) is 14.5. The van der Waals surface area contributed by atoms with E-state index in [9.17, 15) is 0 Å². The van der Waals surface area contributed by atoms with E-state index in [2.05, 4.69) is 53.6 Å². The van der Waals surface area contributed by atoms with Crippen LogP contribution in [0.2, 0.25) is 0 Å². The van der Waals surface area contributed by atoms with Gasteiger partial charge >= 0.3 is 0 Å². The molecule has 4 unspecified atom stereocenters. The molecule has 0 amide bonds. The van der Waals surface area contributed by atoms with E-state index in [0.717, 1.165) is 18.9 Å². The number of hydrogen-bond acceptors (Lipinski definition) is 6. The monoisotopic (exact) mass is 532 g/mol. The number of aromatic nitrogens is 2. The number of nitrogens with zero attached hydrogens (tertiary/aromatic N) is 3. The molecule has 4 aliphatic rings. The third-order valence-electron chi connectivity index (χ3n) is 8.70. The Kier molecular flexibility index (Phi) is 12.9. The van der Waals surface area contributed by atoms with Crippen LogP contribution in [0, 0.1) is 17.8 Å². The molecule has 1 aliphatic heterocycles. The lowest BCUT2D eigenvalue weighted by atomic mass is 9.86. The van der Waals surface area contributed by atoms with Crippen LogP contribution < -0.4 is 5.32 Å². The Labute approximate surface area is 233 Å². The number of likely N-dealkylation sites (tertiary alicyclic amines) is 1. The molecule has 7 heteroatoms. The third-order valence-corrected chi connectivity index (χ3v) is 8.70. The second-order valence-corrected chi connectivity index (χ2v) is 11.7. The van der Waals surface area contributed by atoms with Gasteiger partial charge in [-0.25, -0.2) is 9.97 Å². The minimum absolute atomic E-state index is 0. The Morgan fingerprint density at radius 3 is 2.50 bits per heavy atom. The van der Waals surface area contributed by atoms with Crippen molar-refractivity contribution < 1.29 is 16.7 Å². The highest BCUT2D eigenvalue weighted by molar-refractivity contribution is 5.26. The van der Waals surface area contributed by atoms with Crippen molar-refractivity contribution in [1.82, 2.24) is 20.2 Å². The van der Waals surface area contributed by atoms with Crippen LogP contribution in [0.1, 0.15) is 86.3 Å². The predicted octanol–water partition coefficient (Wildman–Crippen LogP) is 4.92. The molecule has 0 aromatic carbocycles. The molecule has 218 valence electrons. The van der Waals surface area contributed by atoms with Gasteiger partial charge in [0.25, 0.3) is 0 Å². The zero-order valence-corrected chi connectivity index (χ0v) is 24.7. The fourth-order valence-electron chi connectivity index (χ4n) is 6.53. The van der Waals surface area contributed by atoms with E-state index in [4.69, 9.17) is 9.84 Å². The van der Waals surface area contributed by atoms with Gasteiger partial charge in [0.1, 0.15) is 5.82 Å². The van der Waals surface area contributed by atoms with E-state index in [0.29, 0.717) is 35.9 Å². The highest BCUT2D eigenvalue weighted by Crippen LogP contribution is 2.61. The van der Waals surface area contributed by atoms with E-state index in [1.165, 1.54) is 44.9 Å². The Morgan fingerprint density at radius 1 is 1.32 bits per heavy atom. The normalized spacial score (nSPS) is 31.4. The van der Waals surface area contributed by atoms with Crippen molar-refractivity contribution >= 4 is 0 Å². The van der Waals surface area contributed by atoms with Gasteiger partial charge in [-0.3, -0.25) is 0 Å². The Morgan fingerprint density at radius 2 is 1.95 bits per heavy atom. The Hall–Kier alpha value is -1.80. The molecule has 7 atom stereocenters. The second kappa shape index (κ2) is 15.1. The Bertz CT molecular complexity index is 878. The molecule has 5 rings (SSSR count). The van der Waals surface area contributed by atoms with E-state index >= 15 is 0 Å². The quantitative estimate of drug-likeness (QED) is 0.461. The maximum Gasteiger partial charge on any atom is 0.134 e. The summed E-state index contributed by atoms with van der Waals surface area (Å²) >= 11 is 0. The summed E-state index contributed by atoms with van der Waals surface area (Å²) in [5.74, 6) is 3.03. The Balaban J connectivity index is 0.000000875. The van der Waals surface area contributed by atoms with Crippen molar-refractivity contribution in [1.29, 1.82) is 0 Å². The molecule has 3 aliphatic carbocycles. The first-order chi connectivity index (χ1) is 17.8. The molecule has 1 aromatic rings. The molecule has 4 fully saturated rings. The number of hydrogen-bond donors (Lipinski definition) is 2. The van der Waals surface area contributed by atoms with Gasteiger partial charge in [-0.05, 0) is 103 Å². The van der Waals surface area contributed by atoms with Crippen molar-refractivity contribution in [2.45, 2.75) is 103 Å². The number of allylic oxidation sites excluding steroid dienone is 3. The molecule has 2 heterocycles. The summed E-state index contributed by atoms with van der Waals surface area (Å²) in [6.45, 7) is 13.9. The van der Waals surface area contributed by atoms with Crippen molar-refractivity contribution in [2.75, 3.05) is 27.3 Å². The second-order valence-electron chi connectivity index (χ2n) is 11.7. The molecule has 0 bridgehead atoms. The van der Waals surface area contributed by atoms with Crippen molar-refractivity contribution in [3.63, 3.8) is 0 Å². The van der Waals surface area contributed by atoms with Gasteiger partial charge in [0.05, 0.1) is 18.8 Å². The van der Waals surface area contributed by atoms with Crippen LogP contribution in [0.4, 0.5) is 0 Å². The first-order valence-electron chi connectivity index (χ1n) is 14.5. The lowest BCUT2D eigenvalue weighted by Crippen LogP contribution is -2.41. The van der Waals surface area contributed by atoms with Crippen LogP contribution in [0.5, 0.6) is 0 Å². The van der Waals surface area contributed by atoms with Crippen LogP contribution >= 0.6 is 0 Å². The van der Waals surface area contributed by atoms with Crippen LogP contribution in [0.15, 0.2) is 42.4 Å². The zero-order chi connectivity index (χ0) is 27.0.